The smallest absolute Gasteiger partial charge is 0.259 e. The lowest BCUT2D eigenvalue weighted by molar-refractivity contribution is 0.310. The number of aromatic amines is 1. The Morgan fingerprint density at radius 3 is 2.84 bits per heavy atom. The lowest BCUT2D eigenvalue weighted by Crippen LogP contribution is -2.22. The molecular formula is C20H23N3OS. The third kappa shape index (κ3) is 3.26. The maximum Gasteiger partial charge on any atom is 0.259 e. The Labute approximate surface area is 151 Å². The van der Waals surface area contributed by atoms with Gasteiger partial charge in [0.25, 0.3) is 5.56 Å². The van der Waals surface area contributed by atoms with Crippen molar-refractivity contribution in [1.29, 1.82) is 0 Å². The number of benzene rings is 1. The minimum Gasteiger partial charge on any atom is -0.309 e. The fourth-order valence-corrected chi connectivity index (χ4v) is 4.95. The average Bonchev–Trinajstić information content (AvgIpc) is 2.95. The molecule has 1 aromatic carbocycles. The second kappa shape index (κ2) is 6.73. The molecular weight excluding hydrogens is 330 g/mol. The van der Waals surface area contributed by atoms with Crippen LogP contribution in [0.2, 0.25) is 0 Å². The van der Waals surface area contributed by atoms with Crippen LogP contribution in [0.25, 0.3) is 10.2 Å². The topological polar surface area (TPSA) is 49.0 Å². The molecule has 2 heterocycles. The van der Waals surface area contributed by atoms with E-state index >= 15 is 0 Å². The number of fused-ring (bicyclic) bond motifs is 3. The quantitative estimate of drug-likeness (QED) is 0.776. The first-order valence-corrected chi connectivity index (χ1v) is 9.70. The van der Waals surface area contributed by atoms with E-state index < -0.39 is 0 Å². The van der Waals surface area contributed by atoms with Crippen molar-refractivity contribution in [2.45, 2.75) is 45.7 Å². The number of aromatic nitrogens is 2. The third-order valence-electron chi connectivity index (χ3n) is 5.00. The van der Waals surface area contributed by atoms with Crippen molar-refractivity contribution >= 4 is 21.6 Å². The number of thiophene rings is 1. The van der Waals surface area contributed by atoms with Gasteiger partial charge in [0.2, 0.25) is 0 Å². The number of rotatable bonds is 4. The third-order valence-corrected chi connectivity index (χ3v) is 6.18. The molecule has 0 radical (unpaired) electrons. The second-order valence-corrected chi connectivity index (χ2v) is 8.09. The summed E-state index contributed by atoms with van der Waals surface area (Å²) in [5.41, 5.74) is 3.88. The van der Waals surface area contributed by atoms with E-state index in [0.29, 0.717) is 6.54 Å². The molecule has 1 aliphatic carbocycles. The highest BCUT2D eigenvalue weighted by Gasteiger charge is 2.20. The molecule has 0 atom stereocenters. The Bertz CT molecular complexity index is 973. The second-order valence-electron chi connectivity index (χ2n) is 7.00. The molecule has 0 aliphatic heterocycles. The molecule has 130 valence electrons. The number of H-pyrrole nitrogens is 1. The maximum atomic E-state index is 12.6. The minimum atomic E-state index is 0.0312. The van der Waals surface area contributed by atoms with Gasteiger partial charge >= 0.3 is 0 Å². The van der Waals surface area contributed by atoms with Gasteiger partial charge in [-0.3, -0.25) is 9.69 Å². The van der Waals surface area contributed by atoms with E-state index in [1.165, 1.54) is 34.4 Å². The van der Waals surface area contributed by atoms with Gasteiger partial charge in [0.05, 0.1) is 11.9 Å². The standard InChI is InChI=1S/C20H23N3OS/c1-13-7-3-4-8-14(13)11-23(2)12-17-21-19(24)18-15-9-5-6-10-16(15)25-20(18)22-17/h3-4,7-8H,5-6,9-12H2,1-2H3,(H,21,22,24). The van der Waals surface area contributed by atoms with Gasteiger partial charge in [0.1, 0.15) is 10.7 Å². The van der Waals surface area contributed by atoms with Gasteiger partial charge in [0, 0.05) is 11.4 Å². The van der Waals surface area contributed by atoms with Gasteiger partial charge in [-0.25, -0.2) is 4.98 Å². The summed E-state index contributed by atoms with van der Waals surface area (Å²) in [7, 11) is 2.07. The summed E-state index contributed by atoms with van der Waals surface area (Å²) >= 11 is 1.71. The van der Waals surface area contributed by atoms with Crippen LogP contribution in [0.15, 0.2) is 29.1 Å². The van der Waals surface area contributed by atoms with E-state index in [1.807, 2.05) is 0 Å². The van der Waals surface area contributed by atoms with E-state index in [-0.39, 0.29) is 5.56 Å². The van der Waals surface area contributed by atoms with Crippen LogP contribution >= 0.6 is 11.3 Å². The van der Waals surface area contributed by atoms with E-state index in [4.69, 9.17) is 4.98 Å². The zero-order valence-corrected chi connectivity index (χ0v) is 15.6. The molecule has 0 saturated carbocycles. The summed E-state index contributed by atoms with van der Waals surface area (Å²) in [5, 5.41) is 0.838. The Balaban J connectivity index is 1.59. The first-order chi connectivity index (χ1) is 12.1. The molecule has 4 nitrogen and oxygen atoms in total. The summed E-state index contributed by atoms with van der Waals surface area (Å²) < 4.78 is 0. The minimum absolute atomic E-state index is 0.0312. The Hall–Kier alpha value is -1.98. The van der Waals surface area contributed by atoms with Crippen molar-refractivity contribution in [2.24, 2.45) is 0 Å². The molecule has 2 aromatic heterocycles. The Morgan fingerprint density at radius 1 is 1.20 bits per heavy atom. The van der Waals surface area contributed by atoms with Crippen molar-refractivity contribution in [2.75, 3.05) is 7.05 Å². The number of nitrogens with one attached hydrogen (secondary N) is 1. The average molecular weight is 353 g/mol. The summed E-state index contributed by atoms with van der Waals surface area (Å²) in [6, 6.07) is 8.41. The van der Waals surface area contributed by atoms with Crippen LogP contribution in [-0.2, 0) is 25.9 Å². The summed E-state index contributed by atoms with van der Waals surface area (Å²) in [4.78, 5) is 24.9. The van der Waals surface area contributed by atoms with Gasteiger partial charge in [-0.1, -0.05) is 24.3 Å². The number of nitrogens with zero attached hydrogens (tertiary/aromatic N) is 2. The molecule has 5 heteroatoms. The molecule has 0 amide bonds. The van der Waals surface area contributed by atoms with E-state index in [1.54, 1.807) is 11.3 Å². The van der Waals surface area contributed by atoms with Gasteiger partial charge in [-0.2, -0.15) is 0 Å². The zero-order chi connectivity index (χ0) is 17.4. The largest absolute Gasteiger partial charge is 0.309 e. The fourth-order valence-electron chi connectivity index (χ4n) is 3.67. The van der Waals surface area contributed by atoms with Crippen LogP contribution < -0.4 is 5.56 Å². The van der Waals surface area contributed by atoms with Crippen molar-refractivity contribution in [3.8, 4) is 0 Å². The maximum absolute atomic E-state index is 12.6. The first-order valence-electron chi connectivity index (χ1n) is 8.88. The molecule has 4 rings (SSSR count). The molecule has 25 heavy (non-hydrogen) atoms. The highest BCUT2D eigenvalue weighted by molar-refractivity contribution is 7.18. The first kappa shape index (κ1) is 16.5. The van der Waals surface area contributed by atoms with E-state index in [2.05, 4.69) is 48.1 Å². The normalized spacial score (nSPS) is 14.2. The van der Waals surface area contributed by atoms with Crippen LogP contribution in [-0.4, -0.2) is 21.9 Å². The lowest BCUT2D eigenvalue weighted by Gasteiger charge is -2.17. The molecule has 0 spiro atoms. The van der Waals surface area contributed by atoms with Crippen LogP contribution in [0.1, 0.15) is 40.2 Å². The van der Waals surface area contributed by atoms with Crippen molar-refractivity contribution in [1.82, 2.24) is 14.9 Å². The monoisotopic (exact) mass is 353 g/mol. The SMILES string of the molecule is Cc1ccccc1CN(C)Cc1nc2sc3c(c2c(=O)[nH]1)CCCC3. The molecule has 0 fully saturated rings. The van der Waals surface area contributed by atoms with E-state index in [0.717, 1.165) is 35.4 Å². The van der Waals surface area contributed by atoms with Crippen LogP contribution in [0.5, 0.6) is 0 Å². The van der Waals surface area contributed by atoms with Gasteiger partial charge in [0.15, 0.2) is 0 Å². The number of hydrogen-bond acceptors (Lipinski definition) is 4. The fraction of sp³-hybridized carbons (Fsp3) is 0.400. The van der Waals surface area contributed by atoms with Gasteiger partial charge in [-0.15, -0.1) is 11.3 Å². The zero-order valence-electron chi connectivity index (χ0n) is 14.8. The molecule has 0 saturated heterocycles. The van der Waals surface area contributed by atoms with Crippen LogP contribution in [0, 0.1) is 6.92 Å². The summed E-state index contributed by atoms with van der Waals surface area (Å²) in [6.45, 7) is 3.61. The van der Waals surface area contributed by atoms with Gasteiger partial charge < -0.3 is 4.98 Å². The van der Waals surface area contributed by atoms with Crippen LogP contribution in [0.3, 0.4) is 0 Å². The van der Waals surface area contributed by atoms with E-state index in [9.17, 15) is 4.79 Å². The Morgan fingerprint density at radius 2 is 2.00 bits per heavy atom. The van der Waals surface area contributed by atoms with Crippen molar-refractivity contribution in [3.05, 3.63) is 62.0 Å². The summed E-state index contributed by atoms with van der Waals surface area (Å²) in [6.07, 6.45) is 4.52. The van der Waals surface area contributed by atoms with Crippen molar-refractivity contribution in [3.63, 3.8) is 0 Å². The lowest BCUT2D eigenvalue weighted by atomic mass is 9.97. The highest BCUT2D eigenvalue weighted by atomic mass is 32.1. The van der Waals surface area contributed by atoms with Crippen LogP contribution in [0.4, 0.5) is 0 Å². The predicted octanol–water partition coefficient (Wildman–Crippen LogP) is 3.80. The molecule has 0 bridgehead atoms. The Kier molecular flexibility index (Phi) is 4.44. The number of hydrogen-bond donors (Lipinski definition) is 1. The molecule has 3 aromatic rings. The molecule has 0 unspecified atom stereocenters. The number of aryl methyl sites for hydroxylation is 3. The van der Waals surface area contributed by atoms with Gasteiger partial charge in [-0.05, 0) is 56.3 Å². The predicted molar refractivity (Wildman–Crippen MR) is 103 cm³/mol. The van der Waals surface area contributed by atoms with Crippen molar-refractivity contribution < 1.29 is 0 Å². The highest BCUT2D eigenvalue weighted by Crippen LogP contribution is 2.33. The molecule has 1 N–H and O–H groups in total. The molecule has 1 aliphatic rings. The summed E-state index contributed by atoms with van der Waals surface area (Å²) in [5.74, 6) is 0.757.